The predicted molar refractivity (Wildman–Crippen MR) is 48.8 cm³/mol. The van der Waals surface area contributed by atoms with Crippen LogP contribution >= 0.6 is 0 Å². The summed E-state index contributed by atoms with van der Waals surface area (Å²) in [6.45, 7) is 5.87. The standard InChI is InChI=1S/C10H16O2/c1-8-5-4-6-9(7-8)10(2,3)12-11/h4-6,9,11H,7H2,1-3H3/t9-/m1/s1. The Kier molecular flexibility index (Phi) is 2.70. The fourth-order valence-corrected chi connectivity index (χ4v) is 1.38. The molecule has 0 unspecified atom stereocenters. The Labute approximate surface area is 73.5 Å². The third-order valence-corrected chi connectivity index (χ3v) is 2.39. The van der Waals surface area contributed by atoms with Crippen LogP contribution in [0.1, 0.15) is 27.2 Å². The topological polar surface area (TPSA) is 29.5 Å². The second-order valence-corrected chi connectivity index (χ2v) is 3.90. The Bertz CT molecular complexity index is 214. The molecule has 0 spiro atoms. The second kappa shape index (κ2) is 3.42. The first-order chi connectivity index (χ1) is 5.56. The highest BCUT2D eigenvalue weighted by Crippen LogP contribution is 2.30. The Hall–Kier alpha value is -0.600. The third-order valence-electron chi connectivity index (χ3n) is 2.39. The van der Waals surface area contributed by atoms with E-state index in [1.807, 2.05) is 19.9 Å². The van der Waals surface area contributed by atoms with Gasteiger partial charge in [0.1, 0.15) is 5.60 Å². The average molecular weight is 168 g/mol. The Morgan fingerprint density at radius 1 is 1.58 bits per heavy atom. The lowest BCUT2D eigenvalue weighted by Gasteiger charge is -2.30. The van der Waals surface area contributed by atoms with Gasteiger partial charge in [-0.15, -0.1) is 0 Å². The summed E-state index contributed by atoms with van der Waals surface area (Å²) in [6, 6.07) is 0. The van der Waals surface area contributed by atoms with Crippen LogP contribution in [0.4, 0.5) is 0 Å². The summed E-state index contributed by atoms with van der Waals surface area (Å²) >= 11 is 0. The number of rotatable bonds is 2. The molecule has 0 bridgehead atoms. The van der Waals surface area contributed by atoms with E-state index in [4.69, 9.17) is 5.26 Å². The van der Waals surface area contributed by atoms with Gasteiger partial charge < -0.3 is 0 Å². The van der Waals surface area contributed by atoms with Crippen LogP contribution in [0.15, 0.2) is 23.8 Å². The quantitative estimate of drug-likeness (QED) is 0.507. The van der Waals surface area contributed by atoms with Crippen molar-refractivity contribution in [1.82, 2.24) is 0 Å². The summed E-state index contributed by atoms with van der Waals surface area (Å²) in [7, 11) is 0. The predicted octanol–water partition coefficient (Wildman–Crippen LogP) is 2.78. The fraction of sp³-hybridized carbons (Fsp3) is 0.600. The molecule has 1 atom stereocenters. The van der Waals surface area contributed by atoms with E-state index < -0.39 is 5.60 Å². The molecule has 0 aromatic rings. The van der Waals surface area contributed by atoms with E-state index in [2.05, 4.69) is 24.0 Å². The molecule has 1 rings (SSSR count). The molecule has 0 aromatic heterocycles. The Balaban J connectivity index is 2.68. The lowest BCUT2D eigenvalue weighted by Crippen LogP contribution is -2.33. The molecule has 0 saturated heterocycles. The zero-order valence-electron chi connectivity index (χ0n) is 7.87. The van der Waals surface area contributed by atoms with Crippen LogP contribution in [0.25, 0.3) is 0 Å². The highest BCUT2D eigenvalue weighted by molar-refractivity contribution is 5.20. The first kappa shape index (κ1) is 9.49. The first-order valence-electron chi connectivity index (χ1n) is 4.23. The van der Waals surface area contributed by atoms with Gasteiger partial charge in [-0.05, 0) is 27.2 Å². The Morgan fingerprint density at radius 2 is 2.25 bits per heavy atom. The van der Waals surface area contributed by atoms with Gasteiger partial charge >= 0.3 is 0 Å². The summed E-state index contributed by atoms with van der Waals surface area (Å²) in [5, 5.41) is 8.68. The summed E-state index contributed by atoms with van der Waals surface area (Å²) in [6.07, 6.45) is 7.14. The zero-order chi connectivity index (χ0) is 9.19. The van der Waals surface area contributed by atoms with Crippen molar-refractivity contribution in [2.45, 2.75) is 32.8 Å². The number of allylic oxidation sites excluding steroid dienone is 3. The first-order valence-corrected chi connectivity index (χ1v) is 4.23. The van der Waals surface area contributed by atoms with Gasteiger partial charge in [0.25, 0.3) is 0 Å². The molecule has 0 saturated carbocycles. The monoisotopic (exact) mass is 168 g/mol. The van der Waals surface area contributed by atoms with Crippen LogP contribution in [-0.4, -0.2) is 10.9 Å². The van der Waals surface area contributed by atoms with Gasteiger partial charge in [0.15, 0.2) is 0 Å². The van der Waals surface area contributed by atoms with Gasteiger partial charge in [0.2, 0.25) is 0 Å². The van der Waals surface area contributed by atoms with Crippen LogP contribution < -0.4 is 0 Å². The van der Waals surface area contributed by atoms with E-state index in [-0.39, 0.29) is 5.92 Å². The van der Waals surface area contributed by atoms with Crippen molar-refractivity contribution in [3.63, 3.8) is 0 Å². The molecule has 0 aliphatic heterocycles. The molecule has 0 radical (unpaired) electrons. The van der Waals surface area contributed by atoms with Gasteiger partial charge in [0.05, 0.1) is 0 Å². The summed E-state index contributed by atoms with van der Waals surface area (Å²) in [4.78, 5) is 4.45. The molecule has 2 nitrogen and oxygen atoms in total. The van der Waals surface area contributed by atoms with E-state index in [9.17, 15) is 0 Å². The van der Waals surface area contributed by atoms with Crippen molar-refractivity contribution >= 4 is 0 Å². The Morgan fingerprint density at radius 3 is 2.75 bits per heavy atom. The minimum absolute atomic E-state index is 0.271. The maximum absolute atomic E-state index is 8.68. The zero-order valence-corrected chi connectivity index (χ0v) is 7.87. The molecule has 0 aromatic carbocycles. The van der Waals surface area contributed by atoms with Crippen molar-refractivity contribution in [1.29, 1.82) is 0 Å². The van der Waals surface area contributed by atoms with E-state index in [1.54, 1.807) is 0 Å². The maximum atomic E-state index is 8.68. The minimum atomic E-state index is -0.480. The largest absolute Gasteiger partial charge is 0.251 e. The average Bonchev–Trinajstić information content (AvgIpc) is 2.05. The fourth-order valence-electron chi connectivity index (χ4n) is 1.38. The van der Waals surface area contributed by atoms with E-state index >= 15 is 0 Å². The molecule has 0 heterocycles. The molecule has 0 fully saturated rings. The number of hydrogen-bond donors (Lipinski definition) is 1. The van der Waals surface area contributed by atoms with Gasteiger partial charge in [-0.2, -0.15) is 0 Å². The van der Waals surface area contributed by atoms with Crippen molar-refractivity contribution in [3.05, 3.63) is 23.8 Å². The van der Waals surface area contributed by atoms with Crippen molar-refractivity contribution in [2.24, 2.45) is 5.92 Å². The molecule has 1 N–H and O–H groups in total. The van der Waals surface area contributed by atoms with Crippen molar-refractivity contribution in [3.8, 4) is 0 Å². The highest BCUT2D eigenvalue weighted by atomic mass is 17.1. The number of hydrogen-bond acceptors (Lipinski definition) is 2. The normalized spacial score (nSPS) is 24.0. The van der Waals surface area contributed by atoms with Crippen LogP contribution in [0.5, 0.6) is 0 Å². The maximum Gasteiger partial charge on any atom is 0.104 e. The van der Waals surface area contributed by atoms with Crippen LogP contribution in [0.3, 0.4) is 0 Å². The van der Waals surface area contributed by atoms with Gasteiger partial charge in [-0.1, -0.05) is 23.8 Å². The summed E-state index contributed by atoms with van der Waals surface area (Å²) < 4.78 is 0. The molecule has 12 heavy (non-hydrogen) atoms. The van der Waals surface area contributed by atoms with Crippen LogP contribution in [0, 0.1) is 5.92 Å². The smallest absolute Gasteiger partial charge is 0.104 e. The molecule has 1 aliphatic carbocycles. The van der Waals surface area contributed by atoms with E-state index in [0.29, 0.717) is 0 Å². The van der Waals surface area contributed by atoms with Gasteiger partial charge in [0, 0.05) is 5.92 Å². The molecular formula is C10H16O2. The summed E-state index contributed by atoms with van der Waals surface area (Å²) in [5.41, 5.74) is 0.846. The third kappa shape index (κ3) is 1.96. The highest BCUT2D eigenvalue weighted by Gasteiger charge is 2.29. The van der Waals surface area contributed by atoms with Crippen LogP contribution in [0.2, 0.25) is 0 Å². The molecular weight excluding hydrogens is 152 g/mol. The minimum Gasteiger partial charge on any atom is -0.251 e. The van der Waals surface area contributed by atoms with E-state index in [1.165, 1.54) is 5.57 Å². The second-order valence-electron chi connectivity index (χ2n) is 3.90. The van der Waals surface area contributed by atoms with Gasteiger partial charge in [-0.25, -0.2) is 4.89 Å². The van der Waals surface area contributed by atoms with Crippen LogP contribution in [-0.2, 0) is 4.89 Å². The lowest BCUT2D eigenvalue weighted by atomic mass is 9.83. The van der Waals surface area contributed by atoms with Gasteiger partial charge in [-0.3, -0.25) is 5.26 Å². The molecule has 68 valence electrons. The molecule has 2 heteroatoms. The molecule has 1 aliphatic rings. The van der Waals surface area contributed by atoms with Crippen molar-refractivity contribution < 1.29 is 10.1 Å². The summed E-state index contributed by atoms with van der Waals surface area (Å²) in [5.74, 6) is 0.271. The van der Waals surface area contributed by atoms with Crippen molar-refractivity contribution in [2.75, 3.05) is 0 Å². The molecule has 0 amide bonds. The lowest BCUT2D eigenvalue weighted by molar-refractivity contribution is -0.322. The SMILES string of the molecule is CC1=CC=C[C@@H](C(C)(C)OO)C1. The van der Waals surface area contributed by atoms with E-state index in [0.717, 1.165) is 6.42 Å².